The third-order valence-corrected chi connectivity index (χ3v) is 4.15. The molecule has 0 spiro atoms. The second kappa shape index (κ2) is 7.87. The Morgan fingerprint density at radius 3 is 2.50 bits per heavy atom. The fourth-order valence-corrected chi connectivity index (χ4v) is 2.86. The predicted molar refractivity (Wildman–Crippen MR) is 89.7 cm³/mol. The van der Waals surface area contributed by atoms with Crippen molar-refractivity contribution in [1.29, 1.82) is 0 Å². The van der Waals surface area contributed by atoms with Gasteiger partial charge in [-0.3, -0.25) is 9.59 Å². The molecule has 0 fully saturated rings. The van der Waals surface area contributed by atoms with Gasteiger partial charge >= 0.3 is 0 Å². The van der Waals surface area contributed by atoms with Crippen LogP contribution in [0.1, 0.15) is 39.4 Å². The maximum Gasteiger partial charge on any atom is 0.252 e. The summed E-state index contributed by atoms with van der Waals surface area (Å²) in [6.45, 7) is 5.40. The zero-order valence-corrected chi connectivity index (χ0v) is 13.6. The zero-order chi connectivity index (χ0) is 15.9. The Balaban J connectivity index is 2.14. The Hall–Kier alpha value is -1.98. The van der Waals surface area contributed by atoms with Crippen LogP contribution < -0.4 is 10.6 Å². The number of ketones is 1. The molecule has 1 atom stereocenters. The van der Waals surface area contributed by atoms with E-state index in [2.05, 4.69) is 10.6 Å². The molecule has 1 amide bonds. The van der Waals surface area contributed by atoms with E-state index >= 15 is 0 Å². The fourth-order valence-electron chi connectivity index (χ4n) is 2.18. The molecule has 0 radical (unpaired) electrons. The molecule has 116 valence electrons. The van der Waals surface area contributed by atoms with Crippen molar-refractivity contribution in [3.05, 3.63) is 57.8 Å². The van der Waals surface area contributed by atoms with Crippen LogP contribution in [0.3, 0.4) is 0 Å². The molecule has 1 aromatic carbocycles. The fraction of sp³-hybridized carbons (Fsp3) is 0.294. The largest absolute Gasteiger partial charge is 0.350 e. The minimum Gasteiger partial charge on any atom is -0.350 e. The average molecular weight is 316 g/mol. The first-order valence-electron chi connectivity index (χ1n) is 7.32. The standard InChI is InChI=1S/C17H20N2O2S/c1-3-18-12(2)11-19-17(21)14-8-5-4-7-13(14)16(20)15-9-6-10-22-15/h4-10,12,18H,3,11H2,1-2H3,(H,19,21)/t12-/m1/s1. The van der Waals surface area contributed by atoms with Gasteiger partial charge in [-0.15, -0.1) is 11.3 Å². The lowest BCUT2D eigenvalue weighted by molar-refractivity contribution is 0.0939. The third-order valence-electron chi connectivity index (χ3n) is 3.28. The number of thiophene rings is 1. The van der Waals surface area contributed by atoms with Crippen LogP contribution in [0.5, 0.6) is 0 Å². The second-order valence-corrected chi connectivity index (χ2v) is 5.97. The van der Waals surface area contributed by atoms with Gasteiger partial charge in [0.2, 0.25) is 5.78 Å². The van der Waals surface area contributed by atoms with E-state index in [1.165, 1.54) is 11.3 Å². The van der Waals surface area contributed by atoms with Crippen LogP contribution in [0.2, 0.25) is 0 Å². The van der Waals surface area contributed by atoms with Crippen molar-refractivity contribution in [2.24, 2.45) is 0 Å². The molecule has 0 bridgehead atoms. The average Bonchev–Trinajstić information content (AvgIpc) is 3.06. The number of hydrogen-bond acceptors (Lipinski definition) is 4. The van der Waals surface area contributed by atoms with E-state index in [0.717, 1.165) is 6.54 Å². The summed E-state index contributed by atoms with van der Waals surface area (Å²) < 4.78 is 0. The Morgan fingerprint density at radius 2 is 1.86 bits per heavy atom. The van der Waals surface area contributed by atoms with Gasteiger partial charge in [-0.2, -0.15) is 0 Å². The minimum absolute atomic E-state index is 0.111. The molecule has 0 aliphatic carbocycles. The van der Waals surface area contributed by atoms with E-state index in [0.29, 0.717) is 22.5 Å². The molecule has 2 N–H and O–H groups in total. The van der Waals surface area contributed by atoms with E-state index in [-0.39, 0.29) is 17.7 Å². The first-order chi connectivity index (χ1) is 10.6. The third kappa shape index (κ3) is 4.02. The molecular formula is C17H20N2O2S. The number of rotatable bonds is 7. The van der Waals surface area contributed by atoms with Gasteiger partial charge in [-0.1, -0.05) is 31.2 Å². The molecule has 1 heterocycles. The SMILES string of the molecule is CCN[C@H](C)CNC(=O)c1ccccc1C(=O)c1cccs1. The van der Waals surface area contributed by atoms with Gasteiger partial charge in [0.15, 0.2) is 0 Å². The smallest absolute Gasteiger partial charge is 0.252 e. The molecule has 4 nitrogen and oxygen atoms in total. The molecule has 0 saturated carbocycles. The van der Waals surface area contributed by atoms with Crippen LogP contribution in [-0.4, -0.2) is 30.8 Å². The van der Waals surface area contributed by atoms with Crippen LogP contribution >= 0.6 is 11.3 Å². The highest BCUT2D eigenvalue weighted by Gasteiger charge is 2.18. The number of carbonyl (C=O) groups excluding carboxylic acids is 2. The summed E-state index contributed by atoms with van der Waals surface area (Å²) in [5.41, 5.74) is 0.864. The summed E-state index contributed by atoms with van der Waals surface area (Å²) in [6.07, 6.45) is 0. The summed E-state index contributed by atoms with van der Waals surface area (Å²) in [4.78, 5) is 25.5. The summed E-state index contributed by atoms with van der Waals surface area (Å²) in [5.74, 6) is -0.328. The van der Waals surface area contributed by atoms with Crippen LogP contribution in [-0.2, 0) is 0 Å². The summed E-state index contributed by atoms with van der Waals surface area (Å²) in [7, 11) is 0. The van der Waals surface area contributed by atoms with Crippen LogP contribution in [0.15, 0.2) is 41.8 Å². The quantitative estimate of drug-likeness (QED) is 0.772. The van der Waals surface area contributed by atoms with Gasteiger partial charge in [0, 0.05) is 18.2 Å². The van der Waals surface area contributed by atoms with Crippen molar-refractivity contribution in [3.63, 3.8) is 0 Å². The van der Waals surface area contributed by atoms with Crippen molar-refractivity contribution in [2.75, 3.05) is 13.1 Å². The second-order valence-electron chi connectivity index (χ2n) is 5.02. The monoisotopic (exact) mass is 316 g/mol. The van der Waals surface area contributed by atoms with Gasteiger partial charge in [-0.05, 0) is 31.0 Å². The summed E-state index contributed by atoms with van der Waals surface area (Å²) in [6, 6.07) is 10.7. The molecule has 5 heteroatoms. The van der Waals surface area contributed by atoms with Crippen molar-refractivity contribution in [2.45, 2.75) is 19.9 Å². The molecule has 22 heavy (non-hydrogen) atoms. The zero-order valence-electron chi connectivity index (χ0n) is 12.8. The molecule has 0 saturated heterocycles. The lowest BCUT2D eigenvalue weighted by atomic mass is 10.0. The van der Waals surface area contributed by atoms with Crippen molar-refractivity contribution < 1.29 is 9.59 Å². The Kier molecular flexibility index (Phi) is 5.86. The van der Waals surface area contributed by atoms with Gasteiger partial charge in [-0.25, -0.2) is 0 Å². The molecular weight excluding hydrogens is 296 g/mol. The molecule has 1 aromatic heterocycles. The lowest BCUT2D eigenvalue weighted by Crippen LogP contribution is -2.39. The van der Waals surface area contributed by atoms with E-state index < -0.39 is 0 Å². The van der Waals surface area contributed by atoms with Gasteiger partial charge in [0.05, 0.1) is 10.4 Å². The van der Waals surface area contributed by atoms with E-state index in [4.69, 9.17) is 0 Å². The van der Waals surface area contributed by atoms with Gasteiger partial charge < -0.3 is 10.6 Å². The van der Waals surface area contributed by atoms with Crippen LogP contribution in [0, 0.1) is 0 Å². The van der Waals surface area contributed by atoms with Gasteiger partial charge in [0.25, 0.3) is 5.91 Å². The normalized spacial score (nSPS) is 11.9. The van der Waals surface area contributed by atoms with E-state index in [9.17, 15) is 9.59 Å². The summed E-state index contributed by atoms with van der Waals surface area (Å²) in [5, 5.41) is 7.96. The van der Waals surface area contributed by atoms with Crippen molar-refractivity contribution in [1.82, 2.24) is 10.6 Å². The minimum atomic E-state index is -0.217. The van der Waals surface area contributed by atoms with E-state index in [1.54, 1.807) is 30.3 Å². The van der Waals surface area contributed by atoms with Crippen molar-refractivity contribution in [3.8, 4) is 0 Å². The molecule has 0 unspecified atom stereocenters. The van der Waals surface area contributed by atoms with Crippen LogP contribution in [0.25, 0.3) is 0 Å². The molecule has 2 aromatic rings. The number of hydrogen-bond donors (Lipinski definition) is 2. The maximum atomic E-state index is 12.5. The summed E-state index contributed by atoms with van der Waals surface area (Å²) >= 11 is 1.38. The predicted octanol–water partition coefficient (Wildman–Crippen LogP) is 2.71. The molecule has 0 aliphatic rings. The Morgan fingerprint density at radius 1 is 1.14 bits per heavy atom. The maximum absolute atomic E-state index is 12.5. The topological polar surface area (TPSA) is 58.2 Å². The number of benzene rings is 1. The number of amides is 1. The first-order valence-corrected chi connectivity index (χ1v) is 8.20. The molecule has 0 aliphatic heterocycles. The Bertz CT molecular complexity index is 638. The highest BCUT2D eigenvalue weighted by molar-refractivity contribution is 7.12. The first kappa shape index (κ1) is 16.4. The number of carbonyl (C=O) groups is 2. The Labute approximate surface area is 134 Å². The highest BCUT2D eigenvalue weighted by atomic mass is 32.1. The number of likely N-dealkylation sites (N-methyl/N-ethyl adjacent to an activating group) is 1. The lowest BCUT2D eigenvalue weighted by Gasteiger charge is -2.14. The van der Waals surface area contributed by atoms with Gasteiger partial charge in [0.1, 0.15) is 0 Å². The molecule has 2 rings (SSSR count). The highest BCUT2D eigenvalue weighted by Crippen LogP contribution is 2.18. The number of nitrogens with one attached hydrogen (secondary N) is 2. The van der Waals surface area contributed by atoms with E-state index in [1.807, 2.05) is 25.3 Å². The van der Waals surface area contributed by atoms with Crippen LogP contribution in [0.4, 0.5) is 0 Å². The van der Waals surface area contributed by atoms with Crippen molar-refractivity contribution >= 4 is 23.0 Å².